The Labute approximate surface area is 196 Å². The maximum absolute atomic E-state index is 12.6. The van der Waals surface area contributed by atoms with E-state index in [-0.39, 0.29) is 28.7 Å². The number of hydrogen-bond donors (Lipinski definition) is 2. The number of carbonyl (C=O) groups excluding carboxylic acids is 1. The summed E-state index contributed by atoms with van der Waals surface area (Å²) in [6, 6.07) is 10.1. The molecule has 1 heterocycles. The molecule has 0 spiro atoms. The van der Waals surface area contributed by atoms with Crippen LogP contribution in [0.5, 0.6) is 23.0 Å². The van der Waals surface area contributed by atoms with Crippen molar-refractivity contribution in [3.8, 4) is 23.0 Å². The van der Waals surface area contributed by atoms with E-state index in [1.54, 1.807) is 49.4 Å². The normalized spacial score (nSPS) is 15.8. The molecule has 2 aromatic rings. The van der Waals surface area contributed by atoms with Crippen LogP contribution >= 0.6 is 11.8 Å². The topological polar surface area (TPSA) is 107 Å². The number of aromatic hydroxyl groups is 1. The maximum atomic E-state index is 12.6. The van der Waals surface area contributed by atoms with Crippen LogP contribution in [-0.4, -0.2) is 48.7 Å². The van der Waals surface area contributed by atoms with Gasteiger partial charge in [-0.05, 0) is 38.1 Å². The minimum atomic E-state index is -0.697. The summed E-state index contributed by atoms with van der Waals surface area (Å²) in [4.78, 5) is 17.5. The van der Waals surface area contributed by atoms with Crippen LogP contribution in [0.1, 0.15) is 19.4 Å². The monoisotopic (exact) mass is 471 g/mol. The number of benzene rings is 2. The van der Waals surface area contributed by atoms with Crippen molar-refractivity contribution in [2.45, 2.75) is 13.8 Å². The number of phenolic OH excluding ortho intramolecular Hbond substituents is 1. The highest BCUT2D eigenvalue weighted by Gasteiger charge is 2.33. The average molecular weight is 472 g/mol. The fourth-order valence-electron chi connectivity index (χ4n) is 3.07. The lowest BCUT2D eigenvalue weighted by molar-refractivity contribution is -0.138. The first-order valence-electron chi connectivity index (χ1n) is 10.2. The van der Waals surface area contributed by atoms with E-state index in [1.165, 1.54) is 14.2 Å². The number of esters is 1. The van der Waals surface area contributed by atoms with Crippen molar-refractivity contribution in [2.75, 3.05) is 27.4 Å². The van der Waals surface area contributed by atoms with Crippen LogP contribution in [0.2, 0.25) is 0 Å². The van der Waals surface area contributed by atoms with Crippen LogP contribution in [0, 0.1) is 0 Å². The Morgan fingerprint density at radius 1 is 1.03 bits per heavy atom. The summed E-state index contributed by atoms with van der Waals surface area (Å²) in [5, 5.41) is 21.6. The third-order valence-electron chi connectivity index (χ3n) is 4.58. The van der Waals surface area contributed by atoms with Gasteiger partial charge in [-0.1, -0.05) is 23.9 Å². The number of phenols is 1. The fraction of sp³-hybridized carbons (Fsp3) is 0.250. The van der Waals surface area contributed by atoms with Crippen molar-refractivity contribution in [3.63, 3.8) is 0 Å². The molecule has 0 radical (unpaired) electrons. The number of aliphatic imine (C=N–C) groups is 1. The Balaban J connectivity index is 2.07. The van der Waals surface area contributed by atoms with Gasteiger partial charge in [0.05, 0.1) is 38.0 Å². The van der Waals surface area contributed by atoms with Crippen LogP contribution in [0.25, 0.3) is 6.08 Å². The largest absolute Gasteiger partial charge is 0.506 e. The number of aliphatic hydroxyl groups is 1. The van der Waals surface area contributed by atoms with Crippen LogP contribution in [0.3, 0.4) is 0 Å². The predicted molar refractivity (Wildman–Crippen MR) is 128 cm³/mol. The molecule has 9 heteroatoms. The Bertz CT molecular complexity index is 1140. The zero-order chi connectivity index (χ0) is 24.0. The van der Waals surface area contributed by atoms with E-state index < -0.39 is 5.97 Å². The summed E-state index contributed by atoms with van der Waals surface area (Å²) < 4.78 is 21.1. The number of methoxy groups -OCH3 is 2. The molecule has 8 nitrogen and oxygen atoms in total. The molecule has 2 aromatic carbocycles. The Hall–Kier alpha value is -3.59. The zero-order valence-electron chi connectivity index (χ0n) is 18.7. The van der Waals surface area contributed by atoms with Gasteiger partial charge in [0.1, 0.15) is 16.4 Å². The number of carbonyl (C=O) groups is 1. The summed E-state index contributed by atoms with van der Waals surface area (Å²) >= 11 is 1.08. The highest BCUT2D eigenvalue weighted by Crippen LogP contribution is 2.42. The summed E-state index contributed by atoms with van der Waals surface area (Å²) in [6.07, 6.45) is 1.56. The van der Waals surface area contributed by atoms with E-state index >= 15 is 0 Å². The lowest BCUT2D eigenvalue weighted by atomic mass is 10.1. The molecule has 174 valence electrons. The molecular weight excluding hydrogens is 446 g/mol. The van der Waals surface area contributed by atoms with Crippen molar-refractivity contribution in [1.29, 1.82) is 0 Å². The van der Waals surface area contributed by atoms with Gasteiger partial charge in [-0.3, -0.25) is 0 Å². The Morgan fingerprint density at radius 3 is 2.45 bits per heavy atom. The van der Waals surface area contributed by atoms with Gasteiger partial charge in [0.2, 0.25) is 0 Å². The second kappa shape index (κ2) is 10.8. The number of hydrogen-bond acceptors (Lipinski definition) is 9. The van der Waals surface area contributed by atoms with Crippen molar-refractivity contribution in [1.82, 2.24) is 0 Å². The first-order chi connectivity index (χ1) is 15.9. The molecule has 0 fully saturated rings. The van der Waals surface area contributed by atoms with Crippen LogP contribution in [0.15, 0.2) is 57.6 Å². The minimum absolute atomic E-state index is 0.0525. The van der Waals surface area contributed by atoms with E-state index in [1.807, 2.05) is 6.92 Å². The van der Waals surface area contributed by atoms with Gasteiger partial charge in [0.25, 0.3) is 0 Å². The second-order valence-corrected chi connectivity index (χ2v) is 7.67. The smallest absolute Gasteiger partial charge is 0.344 e. The molecular formula is C24H25NO7S. The van der Waals surface area contributed by atoms with E-state index in [9.17, 15) is 15.0 Å². The van der Waals surface area contributed by atoms with Gasteiger partial charge in [0, 0.05) is 11.6 Å². The lowest BCUT2D eigenvalue weighted by Gasteiger charge is -2.08. The van der Waals surface area contributed by atoms with E-state index in [2.05, 4.69) is 4.99 Å². The summed E-state index contributed by atoms with van der Waals surface area (Å²) in [6.45, 7) is 4.02. The Kier molecular flexibility index (Phi) is 7.89. The SMILES string of the molecule is CCOC(=O)C1=C(O)/C(=C\c2cccc(OCC)c2O)SC1=Nc1ccc(OC)c(OC)c1. The standard InChI is InChI=1S/C24H25NO7S/c1-5-31-17-9-7-8-14(21(17)26)12-19-22(27)20(24(28)32-6-2)23(33-19)25-15-10-11-16(29-3)18(13-15)30-4/h7-13,26-27H,5-6H2,1-4H3/b19-12+,25-23?. The lowest BCUT2D eigenvalue weighted by Crippen LogP contribution is -2.12. The minimum Gasteiger partial charge on any atom is -0.506 e. The van der Waals surface area contributed by atoms with Crippen molar-refractivity contribution in [3.05, 3.63) is 58.2 Å². The predicted octanol–water partition coefficient (Wildman–Crippen LogP) is 5.00. The first kappa shape index (κ1) is 24.1. The molecule has 2 N–H and O–H groups in total. The molecule has 0 unspecified atom stereocenters. The number of para-hydroxylation sites is 1. The third-order valence-corrected chi connectivity index (χ3v) is 5.60. The van der Waals surface area contributed by atoms with Crippen molar-refractivity contribution in [2.24, 2.45) is 4.99 Å². The molecule has 3 rings (SSSR count). The molecule has 33 heavy (non-hydrogen) atoms. The number of aliphatic hydroxyl groups excluding tert-OH is 1. The molecule has 1 aliphatic rings. The quantitative estimate of drug-likeness (QED) is 0.518. The molecule has 0 aromatic heterocycles. The summed E-state index contributed by atoms with van der Waals surface area (Å²) in [5.74, 6) is 0.291. The van der Waals surface area contributed by atoms with Crippen LogP contribution in [0.4, 0.5) is 5.69 Å². The molecule has 0 amide bonds. The molecule has 0 saturated heterocycles. The number of thioether (sulfide) groups is 1. The second-order valence-electron chi connectivity index (χ2n) is 6.64. The van der Waals surface area contributed by atoms with Gasteiger partial charge in [-0.25, -0.2) is 9.79 Å². The fourth-order valence-corrected chi connectivity index (χ4v) is 4.10. The van der Waals surface area contributed by atoms with Gasteiger partial charge in [-0.15, -0.1) is 0 Å². The maximum Gasteiger partial charge on any atom is 0.344 e. The van der Waals surface area contributed by atoms with Gasteiger partial charge >= 0.3 is 5.97 Å². The summed E-state index contributed by atoms with van der Waals surface area (Å²) in [5.41, 5.74) is 0.862. The van der Waals surface area contributed by atoms with E-state index in [4.69, 9.17) is 18.9 Å². The Morgan fingerprint density at radius 2 is 1.79 bits per heavy atom. The van der Waals surface area contributed by atoms with E-state index in [0.717, 1.165) is 11.8 Å². The van der Waals surface area contributed by atoms with Gasteiger partial charge in [0.15, 0.2) is 23.0 Å². The van der Waals surface area contributed by atoms with Crippen molar-refractivity contribution >= 4 is 34.5 Å². The zero-order valence-corrected chi connectivity index (χ0v) is 19.6. The third kappa shape index (κ3) is 5.25. The number of rotatable bonds is 8. The van der Waals surface area contributed by atoms with Crippen molar-refractivity contribution < 1.29 is 34.0 Å². The van der Waals surface area contributed by atoms with Crippen LogP contribution < -0.4 is 14.2 Å². The molecule has 0 bridgehead atoms. The summed E-state index contributed by atoms with van der Waals surface area (Å²) in [7, 11) is 3.04. The number of nitrogens with zero attached hydrogens (tertiary/aromatic N) is 1. The molecule has 0 atom stereocenters. The van der Waals surface area contributed by atoms with Crippen LogP contribution in [-0.2, 0) is 9.53 Å². The average Bonchev–Trinajstić information content (AvgIpc) is 3.11. The molecule has 1 aliphatic heterocycles. The highest BCUT2D eigenvalue weighted by molar-refractivity contribution is 8.18. The first-order valence-corrected chi connectivity index (χ1v) is 11.0. The van der Waals surface area contributed by atoms with Gasteiger partial charge < -0.3 is 29.2 Å². The molecule has 0 aliphatic carbocycles. The number of ether oxygens (including phenoxy) is 4. The van der Waals surface area contributed by atoms with Gasteiger partial charge in [-0.2, -0.15) is 0 Å². The highest BCUT2D eigenvalue weighted by atomic mass is 32.2. The van der Waals surface area contributed by atoms with E-state index in [0.29, 0.717) is 40.0 Å². The molecule has 0 saturated carbocycles.